The SMILES string of the molecule is CC(c1ccc(O)cc1)N(C)CC(=O)N(C)C. The molecule has 1 atom stereocenters. The average Bonchev–Trinajstić information content (AvgIpc) is 2.28. The number of hydrogen-bond acceptors (Lipinski definition) is 3. The van der Waals surface area contributed by atoms with Crippen molar-refractivity contribution in [1.82, 2.24) is 9.80 Å². The van der Waals surface area contributed by atoms with Crippen molar-refractivity contribution >= 4 is 5.91 Å². The summed E-state index contributed by atoms with van der Waals surface area (Å²) in [6, 6.07) is 7.20. The number of likely N-dealkylation sites (N-methyl/N-ethyl adjacent to an activating group) is 2. The van der Waals surface area contributed by atoms with Crippen molar-refractivity contribution in [2.45, 2.75) is 13.0 Å². The first-order chi connectivity index (χ1) is 7.91. The highest BCUT2D eigenvalue weighted by atomic mass is 16.3. The summed E-state index contributed by atoms with van der Waals surface area (Å²) in [5.41, 5.74) is 1.08. The molecule has 4 nitrogen and oxygen atoms in total. The predicted molar refractivity (Wildman–Crippen MR) is 67.8 cm³/mol. The number of hydrogen-bond donors (Lipinski definition) is 1. The summed E-state index contributed by atoms with van der Waals surface area (Å²) >= 11 is 0. The van der Waals surface area contributed by atoms with Crippen molar-refractivity contribution in [1.29, 1.82) is 0 Å². The first-order valence-electron chi connectivity index (χ1n) is 5.61. The number of benzene rings is 1. The molecule has 4 heteroatoms. The van der Waals surface area contributed by atoms with Gasteiger partial charge in [0.05, 0.1) is 6.54 Å². The summed E-state index contributed by atoms with van der Waals surface area (Å²) in [6.07, 6.45) is 0. The third-order valence-corrected chi connectivity index (χ3v) is 2.92. The van der Waals surface area contributed by atoms with Gasteiger partial charge in [-0.15, -0.1) is 0 Å². The van der Waals surface area contributed by atoms with Crippen molar-refractivity contribution in [2.75, 3.05) is 27.7 Å². The number of amides is 1. The van der Waals surface area contributed by atoms with E-state index in [0.29, 0.717) is 6.54 Å². The average molecular weight is 236 g/mol. The molecule has 0 saturated heterocycles. The molecule has 1 N–H and O–H groups in total. The van der Waals surface area contributed by atoms with Crippen LogP contribution >= 0.6 is 0 Å². The van der Waals surface area contributed by atoms with Crippen LogP contribution in [0, 0.1) is 0 Å². The molecule has 0 radical (unpaired) electrons. The van der Waals surface area contributed by atoms with E-state index < -0.39 is 0 Å². The maximum atomic E-state index is 11.6. The largest absolute Gasteiger partial charge is 0.508 e. The van der Waals surface area contributed by atoms with Gasteiger partial charge in [-0.3, -0.25) is 9.69 Å². The zero-order valence-corrected chi connectivity index (χ0v) is 10.8. The van der Waals surface area contributed by atoms with Crippen molar-refractivity contribution in [3.8, 4) is 5.75 Å². The fourth-order valence-corrected chi connectivity index (χ4v) is 1.50. The van der Waals surface area contributed by atoms with Gasteiger partial charge in [0.1, 0.15) is 5.75 Å². The van der Waals surface area contributed by atoms with Gasteiger partial charge in [0.15, 0.2) is 0 Å². The van der Waals surface area contributed by atoms with Gasteiger partial charge in [-0.25, -0.2) is 0 Å². The molecule has 1 unspecified atom stereocenters. The molecular formula is C13H20N2O2. The molecular weight excluding hydrogens is 216 g/mol. The second-order valence-corrected chi connectivity index (χ2v) is 4.47. The molecule has 1 aromatic carbocycles. The number of carbonyl (C=O) groups is 1. The minimum Gasteiger partial charge on any atom is -0.508 e. The van der Waals surface area contributed by atoms with Gasteiger partial charge in [-0.05, 0) is 31.7 Å². The minimum absolute atomic E-state index is 0.0816. The molecule has 1 aromatic rings. The molecule has 0 aliphatic rings. The van der Waals surface area contributed by atoms with Crippen LogP contribution in [-0.2, 0) is 4.79 Å². The standard InChI is InChI=1S/C13H20N2O2/c1-10(11-5-7-12(16)8-6-11)15(4)9-13(17)14(2)3/h5-8,10,16H,9H2,1-4H3. The molecule has 0 spiro atoms. The molecule has 0 fully saturated rings. The van der Waals surface area contributed by atoms with Crippen LogP contribution in [0.5, 0.6) is 5.75 Å². The van der Waals surface area contributed by atoms with Gasteiger partial charge in [-0.2, -0.15) is 0 Å². The minimum atomic E-state index is 0.0816. The van der Waals surface area contributed by atoms with E-state index in [-0.39, 0.29) is 17.7 Å². The summed E-state index contributed by atoms with van der Waals surface area (Å²) < 4.78 is 0. The van der Waals surface area contributed by atoms with Crippen molar-refractivity contribution in [3.63, 3.8) is 0 Å². The zero-order chi connectivity index (χ0) is 13.0. The first kappa shape index (κ1) is 13.5. The smallest absolute Gasteiger partial charge is 0.236 e. The van der Waals surface area contributed by atoms with Crippen molar-refractivity contribution in [3.05, 3.63) is 29.8 Å². The van der Waals surface area contributed by atoms with E-state index >= 15 is 0 Å². The molecule has 0 aromatic heterocycles. The van der Waals surface area contributed by atoms with E-state index in [1.54, 1.807) is 31.1 Å². The van der Waals surface area contributed by atoms with Crippen LogP contribution in [0.25, 0.3) is 0 Å². The summed E-state index contributed by atoms with van der Waals surface area (Å²) in [6.45, 7) is 2.42. The Morgan fingerprint density at radius 3 is 2.24 bits per heavy atom. The monoisotopic (exact) mass is 236 g/mol. The lowest BCUT2D eigenvalue weighted by molar-refractivity contribution is -0.130. The third-order valence-electron chi connectivity index (χ3n) is 2.92. The maximum absolute atomic E-state index is 11.6. The van der Waals surface area contributed by atoms with Crippen LogP contribution in [0.2, 0.25) is 0 Å². The van der Waals surface area contributed by atoms with E-state index in [9.17, 15) is 9.90 Å². The number of phenolic OH excluding ortho intramolecular Hbond substituents is 1. The van der Waals surface area contributed by atoms with Gasteiger partial charge in [0.2, 0.25) is 5.91 Å². The molecule has 94 valence electrons. The Kier molecular flexibility index (Phi) is 4.52. The van der Waals surface area contributed by atoms with Gasteiger partial charge in [0, 0.05) is 20.1 Å². The van der Waals surface area contributed by atoms with E-state index in [1.807, 2.05) is 31.0 Å². The molecule has 1 amide bonds. The Balaban J connectivity index is 2.66. The molecule has 1 rings (SSSR count). The lowest BCUT2D eigenvalue weighted by atomic mass is 10.1. The first-order valence-corrected chi connectivity index (χ1v) is 5.61. The highest BCUT2D eigenvalue weighted by Gasteiger charge is 2.15. The fourth-order valence-electron chi connectivity index (χ4n) is 1.50. The summed E-state index contributed by atoms with van der Waals surface area (Å²) in [7, 11) is 5.42. The molecule has 0 saturated carbocycles. The normalized spacial score (nSPS) is 12.5. The van der Waals surface area contributed by atoms with Crippen LogP contribution in [-0.4, -0.2) is 48.5 Å². The molecule has 17 heavy (non-hydrogen) atoms. The van der Waals surface area contributed by atoms with Gasteiger partial charge in [0.25, 0.3) is 0 Å². The number of rotatable bonds is 4. The Bertz CT molecular complexity index is 374. The number of carbonyl (C=O) groups excluding carboxylic acids is 1. The maximum Gasteiger partial charge on any atom is 0.236 e. The van der Waals surface area contributed by atoms with Gasteiger partial charge < -0.3 is 10.0 Å². The Morgan fingerprint density at radius 2 is 1.76 bits per heavy atom. The van der Waals surface area contributed by atoms with Crippen LogP contribution in [0.1, 0.15) is 18.5 Å². The second-order valence-electron chi connectivity index (χ2n) is 4.47. The zero-order valence-electron chi connectivity index (χ0n) is 10.8. The number of nitrogens with zero attached hydrogens (tertiary/aromatic N) is 2. The van der Waals surface area contributed by atoms with Gasteiger partial charge >= 0.3 is 0 Å². The third kappa shape index (κ3) is 3.75. The molecule has 0 aliphatic heterocycles. The number of aromatic hydroxyl groups is 1. The summed E-state index contributed by atoms with van der Waals surface area (Å²) in [5.74, 6) is 0.339. The lowest BCUT2D eigenvalue weighted by Gasteiger charge is -2.25. The van der Waals surface area contributed by atoms with E-state index in [2.05, 4.69) is 0 Å². The Morgan fingerprint density at radius 1 is 1.24 bits per heavy atom. The lowest BCUT2D eigenvalue weighted by Crippen LogP contribution is -2.35. The Labute approximate surface area is 102 Å². The molecule has 0 bridgehead atoms. The van der Waals surface area contributed by atoms with E-state index in [1.165, 1.54) is 0 Å². The van der Waals surface area contributed by atoms with Gasteiger partial charge in [-0.1, -0.05) is 12.1 Å². The number of phenols is 1. The summed E-state index contributed by atoms with van der Waals surface area (Å²) in [5, 5.41) is 9.22. The molecule has 0 aliphatic carbocycles. The van der Waals surface area contributed by atoms with E-state index in [0.717, 1.165) is 5.56 Å². The predicted octanol–water partition coefficient (Wildman–Crippen LogP) is 1.47. The highest BCUT2D eigenvalue weighted by Crippen LogP contribution is 2.20. The van der Waals surface area contributed by atoms with Crippen LogP contribution in [0.15, 0.2) is 24.3 Å². The fraction of sp³-hybridized carbons (Fsp3) is 0.462. The van der Waals surface area contributed by atoms with Crippen LogP contribution in [0.4, 0.5) is 0 Å². The topological polar surface area (TPSA) is 43.8 Å². The van der Waals surface area contributed by atoms with Crippen molar-refractivity contribution < 1.29 is 9.90 Å². The van der Waals surface area contributed by atoms with Crippen molar-refractivity contribution in [2.24, 2.45) is 0 Å². The Hall–Kier alpha value is -1.55. The van der Waals surface area contributed by atoms with E-state index in [4.69, 9.17) is 0 Å². The second kappa shape index (κ2) is 5.68. The summed E-state index contributed by atoms with van der Waals surface area (Å²) in [4.78, 5) is 15.2. The highest BCUT2D eigenvalue weighted by molar-refractivity contribution is 5.77. The van der Waals surface area contributed by atoms with Crippen LogP contribution < -0.4 is 0 Å². The molecule has 0 heterocycles. The quantitative estimate of drug-likeness (QED) is 0.861. The van der Waals surface area contributed by atoms with Crippen LogP contribution in [0.3, 0.4) is 0 Å².